The van der Waals surface area contributed by atoms with Crippen LogP contribution in [0.15, 0.2) is 30.3 Å². The number of benzene rings is 2. The summed E-state index contributed by atoms with van der Waals surface area (Å²) >= 11 is 1.53. The number of nitro benzene ring substituents is 1. The molecule has 4 rings (SSSR count). The molecule has 0 bridgehead atoms. The SMILES string of the molecule is COc1ccc(OC)c2sc(N3CCN(C(=O)c4cccc([N+](=O)[O-])c4C)CC3)nc12. The van der Waals surface area contributed by atoms with Crippen molar-refractivity contribution in [2.75, 3.05) is 45.3 Å². The maximum atomic E-state index is 13.0. The molecule has 9 nitrogen and oxygen atoms in total. The Labute approximate surface area is 183 Å². The molecule has 1 amide bonds. The van der Waals surface area contributed by atoms with Crippen LogP contribution in [0, 0.1) is 17.0 Å². The molecule has 0 unspecified atom stereocenters. The fraction of sp³-hybridized carbons (Fsp3) is 0.333. The third-order valence-corrected chi connectivity index (χ3v) is 6.60. The van der Waals surface area contributed by atoms with Crippen molar-refractivity contribution in [3.63, 3.8) is 0 Å². The van der Waals surface area contributed by atoms with Crippen LogP contribution < -0.4 is 14.4 Å². The van der Waals surface area contributed by atoms with Crippen molar-refractivity contribution in [3.8, 4) is 11.5 Å². The zero-order chi connectivity index (χ0) is 22.1. The second kappa shape index (κ2) is 8.38. The molecule has 31 heavy (non-hydrogen) atoms. The van der Waals surface area contributed by atoms with E-state index in [1.807, 2.05) is 12.1 Å². The molecule has 162 valence electrons. The van der Waals surface area contributed by atoms with Gasteiger partial charge in [-0.3, -0.25) is 14.9 Å². The average molecular weight is 442 g/mol. The van der Waals surface area contributed by atoms with Crippen LogP contribution >= 0.6 is 11.3 Å². The molecule has 1 fully saturated rings. The number of piperazine rings is 1. The minimum absolute atomic E-state index is 0.0399. The molecule has 3 aromatic rings. The first kappa shape index (κ1) is 20.9. The second-order valence-corrected chi connectivity index (χ2v) is 8.11. The van der Waals surface area contributed by atoms with Crippen molar-refractivity contribution in [1.29, 1.82) is 0 Å². The molecule has 10 heteroatoms. The number of amides is 1. The van der Waals surface area contributed by atoms with Crippen LogP contribution in [0.3, 0.4) is 0 Å². The van der Waals surface area contributed by atoms with Gasteiger partial charge in [-0.2, -0.15) is 0 Å². The fourth-order valence-electron chi connectivity index (χ4n) is 3.73. The van der Waals surface area contributed by atoms with Crippen LogP contribution in [-0.2, 0) is 0 Å². The number of rotatable bonds is 5. The van der Waals surface area contributed by atoms with Crippen molar-refractivity contribution in [2.45, 2.75) is 6.92 Å². The molecule has 0 saturated carbocycles. The molecule has 1 saturated heterocycles. The van der Waals surface area contributed by atoms with E-state index in [0.29, 0.717) is 43.1 Å². The van der Waals surface area contributed by atoms with Crippen molar-refractivity contribution < 1.29 is 19.2 Å². The first-order chi connectivity index (χ1) is 14.9. The van der Waals surface area contributed by atoms with Crippen molar-refractivity contribution in [2.24, 2.45) is 0 Å². The summed E-state index contributed by atoms with van der Waals surface area (Å²) in [4.78, 5) is 32.3. The number of nitrogens with zero attached hydrogens (tertiary/aromatic N) is 4. The zero-order valence-electron chi connectivity index (χ0n) is 17.5. The van der Waals surface area contributed by atoms with E-state index in [0.717, 1.165) is 21.1 Å². The number of hydrogen-bond acceptors (Lipinski definition) is 8. The Morgan fingerprint density at radius 1 is 1.10 bits per heavy atom. The number of anilines is 1. The fourth-order valence-corrected chi connectivity index (χ4v) is 4.86. The van der Waals surface area contributed by atoms with E-state index in [9.17, 15) is 14.9 Å². The lowest BCUT2D eigenvalue weighted by Crippen LogP contribution is -2.48. The summed E-state index contributed by atoms with van der Waals surface area (Å²) in [5.74, 6) is 1.25. The lowest BCUT2D eigenvalue weighted by Gasteiger charge is -2.34. The van der Waals surface area contributed by atoms with Gasteiger partial charge in [-0.15, -0.1) is 0 Å². The quantitative estimate of drug-likeness (QED) is 0.441. The third kappa shape index (κ3) is 3.74. The summed E-state index contributed by atoms with van der Waals surface area (Å²) in [5, 5.41) is 12.0. The van der Waals surface area contributed by atoms with Crippen LogP contribution in [0.25, 0.3) is 10.2 Å². The molecule has 2 aromatic carbocycles. The Balaban J connectivity index is 1.52. The van der Waals surface area contributed by atoms with Gasteiger partial charge in [0, 0.05) is 43.4 Å². The van der Waals surface area contributed by atoms with Gasteiger partial charge < -0.3 is 19.3 Å². The van der Waals surface area contributed by atoms with E-state index < -0.39 is 4.92 Å². The molecule has 2 heterocycles. The highest BCUT2D eigenvalue weighted by atomic mass is 32.1. The van der Waals surface area contributed by atoms with Gasteiger partial charge in [0.1, 0.15) is 21.7 Å². The average Bonchev–Trinajstić information content (AvgIpc) is 3.23. The molecule has 0 aliphatic carbocycles. The van der Waals surface area contributed by atoms with Crippen molar-refractivity contribution >= 4 is 38.3 Å². The maximum Gasteiger partial charge on any atom is 0.273 e. The topological polar surface area (TPSA) is 98.0 Å². The molecule has 1 aliphatic rings. The smallest absolute Gasteiger partial charge is 0.273 e. The van der Waals surface area contributed by atoms with Gasteiger partial charge in [-0.05, 0) is 25.1 Å². The van der Waals surface area contributed by atoms with Gasteiger partial charge in [-0.25, -0.2) is 4.98 Å². The monoisotopic (exact) mass is 442 g/mol. The molecule has 1 aliphatic heterocycles. The number of nitro groups is 1. The van der Waals surface area contributed by atoms with Gasteiger partial charge in [0.15, 0.2) is 5.13 Å². The van der Waals surface area contributed by atoms with E-state index in [4.69, 9.17) is 14.5 Å². The number of carbonyl (C=O) groups is 1. The van der Waals surface area contributed by atoms with Crippen LogP contribution in [-0.4, -0.2) is 61.1 Å². The molecule has 0 atom stereocenters. The molecule has 1 aromatic heterocycles. The predicted molar refractivity (Wildman–Crippen MR) is 119 cm³/mol. The van der Waals surface area contributed by atoms with Gasteiger partial charge >= 0.3 is 0 Å². The van der Waals surface area contributed by atoms with Crippen LogP contribution in [0.2, 0.25) is 0 Å². The lowest BCUT2D eigenvalue weighted by atomic mass is 10.1. The zero-order valence-corrected chi connectivity index (χ0v) is 18.3. The van der Waals surface area contributed by atoms with E-state index in [2.05, 4.69) is 4.90 Å². The van der Waals surface area contributed by atoms with Crippen LogP contribution in [0.1, 0.15) is 15.9 Å². The molecule has 0 spiro atoms. The Hall–Kier alpha value is -3.40. The number of methoxy groups -OCH3 is 2. The normalized spacial score (nSPS) is 14.0. The minimum Gasteiger partial charge on any atom is -0.495 e. The van der Waals surface area contributed by atoms with Crippen LogP contribution in [0.5, 0.6) is 11.5 Å². The van der Waals surface area contributed by atoms with Gasteiger partial charge in [0.2, 0.25) is 0 Å². The number of carbonyl (C=O) groups excluding carboxylic acids is 1. The van der Waals surface area contributed by atoms with E-state index in [1.54, 1.807) is 38.2 Å². The highest BCUT2D eigenvalue weighted by Crippen LogP contribution is 2.40. The van der Waals surface area contributed by atoms with E-state index in [1.165, 1.54) is 17.4 Å². The standard InChI is InChI=1S/C21H22N4O5S/c1-13-14(5-4-6-15(13)25(27)28)20(26)23-9-11-24(12-10-23)21-22-18-16(29-2)7-8-17(30-3)19(18)31-21/h4-8H,9-12H2,1-3H3. The number of aromatic nitrogens is 1. The van der Waals surface area contributed by atoms with Crippen molar-refractivity contribution in [3.05, 3.63) is 51.6 Å². The highest BCUT2D eigenvalue weighted by Gasteiger charge is 2.27. The largest absolute Gasteiger partial charge is 0.495 e. The van der Waals surface area contributed by atoms with Crippen LogP contribution in [0.4, 0.5) is 10.8 Å². The minimum atomic E-state index is -0.459. The molecular weight excluding hydrogens is 420 g/mol. The van der Waals surface area contributed by atoms with E-state index in [-0.39, 0.29) is 11.6 Å². The Kier molecular flexibility index (Phi) is 5.64. The number of fused-ring (bicyclic) bond motifs is 1. The number of thiazole rings is 1. The first-order valence-corrected chi connectivity index (χ1v) is 10.6. The summed E-state index contributed by atoms with van der Waals surface area (Å²) in [5.41, 5.74) is 1.48. The summed E-state index contributed by atoms with van der Waals surface area (Å²) < 4.78 is 11.8. The van der Waals surface area contributed by atoms with Crippen molar-refractivity contribution in [1.82, 2.24) is 9.88 Å². The highest BCUT2D eigenvalue weighted by molar-refractivity contribution is 7.22. The van der Waals surface area contributed by atoms with Gasteiger partial charge in [0.25, 0.3) is 11.6 Å². The Morgan fingerprint density at radius 2 is 1.77 bits per heavy atom. The summed E-state index contributed by atoms with van der Waals surface area (Å²) in [6.45, 7) is 3.86. The summed E-state index contributed by atoms with van der Waals surface area (Å²) in [7, 11) is 3.24. The number of ether oxygens (including phenoxy) is 2. The summed E-state index contributed by atoms with van der Waals surface area (Å²) in [6, 6.07) is 8.31. The first-order valence-electron chi connectivity index (χ1n) is 9.74. The number of hydrogen-bond donors (Lipinski definition) is 0. The Morgan fingerprint density at radius 3 is 2.42 bits per heavy atom. The lowest BCUT2D eigenvalue weighted by molar-refractivity contribution is -0.385. The van der Waals surface area contributed by atoms with E-state index >= 15 is 0 Å². The molecule has 0 radical (unpaired) electrons. The van der Waals surface area contributed by atoms with Gasteiger partial charge in [-0.1, -0.05) is 17.4 Å². The summed E-state index contributed by atoms with van der Waals surface area (Å²) in [6.07, 6.45) is 0. The molecule has 0 N–H and O–H groups in total. The third-order valence-electron chi connectivity index (χ3n) is 5.47. The second-order valence-electron chi connectivity index (χ2n) is 7.13. The maximum absolute atomic E-state index is 13.0. The Bertz CT molecular complexity index is 1110. The van der Waals surface area contributed by atoms with Gasteiger partial charge in [0.05, 0.1) is 19.1 Å². The predicted octanol–water partition coefficient (Wildman–Crippen LogP) is 3.49. The molecular formula is C21H22N4O5S.